The average molecular weight is 533 g/mol. The monoisotopic (exact) mass is 533 g/mol. The second-order valence-corrected chi connectivity index (χ2v) is 10.5. The van der Waals surface area contributed by atoms with E-state index in [0.717, 1.165) is 12.1 Å². The number of hydrogen-bond donors (Lipinski definition) is 0. The molecule has 0 saturated heterocycles. The molecule has 29 heavy (non-hydrogen) atoms. The van der Waals surface area contributed by atoms with Crippen molar-refractivity contribution in [1.82, 2.24) is 0 Å². The van der Waals surface area contributed by atoms with Gasteiger partial charge in [0.15, 0.2) is 0 Å². The van der Waals surface area contributed by atoms with Crippen LogP contribution in [0.1, 0.15) is 36.1 Å². The molecule has 0 aliphatic heterocycles. The van der Waals surface area contributed by atoms with Gasteiger partial charge in [-0.05, 0) is 0 Å². The normalized spacial score (nSPS) is 24.1. The van der Waals surface area contributed by atoms with E-state index in [0.29, 0.717) is 0 Å². The van der Waals surface area contributed by atoms with Crippen LogP contribution < -0.4 is 21.2 Å². The number of alkyl halides is 4. The van der Waals surface area contributed by atoms with Crippen LogP contribution in [0.5, 0.6) is 0 Å². The Balaban J connectivity index is 1.80. The zero-order valence-electron chi connectivity index (χ0n) is 15.1. The van der Waals surface area contributed by atoms with Crippen LogP contribution in [-0.4, -0.2) is 0 Å². The van der Waals surface area contributed by atoms with Crippen LogP contribution in [0.25, 0.3) is 0 Å². The van der Waals surface area contributed by atoms with E-state index < -0.39 is 79.3 Å². The predicted octanol–water partition coefficient (Wildman–Crippen LogP) is 2.94. The molecule has 2 unspecified atom stereocenters. The van der Waals surface area contributed by atoms with Crippen molar-refractivity contribution in [3.05, 3.63) is 64.8 Å². The van der Waals surface area contributed by atoms with Gasteiger partial charge in [-0.3, -0.25) is 0 Å². The maximum atomic E-state index is 14.5. The maximum absolute atomic E-state index is 14.5. The molecule has 0 spiro atoms. The van der Waals surface area contributed by atoms with Crippen molar-refractivity contribution < 1.29 is 56.3 Å². The van der Waals surface area contributed by atoms with Crippen molar-refractivity contribution in [3.8, 4) is 0 Å². The minimum absolute atomic E-state index is 0.0710. The van der Waals surface area contributed by atoms with Gasteiger partial charge in [-0.2, -0.15) is 0 Å². The van der Waals surface area contributed by atoms with E-state index in [4.69, 9.17) is 0 Å². The molecule has 158 valence electrons. The van der Waals surface area contributed by atoms with Crippen LogP contribution >= 0.6 is 0 Å². The van der Waals surface area contributed by atoms with Crippen molar-refractivity contribution in [2.45, 2.75) is 38.5 Å². The molecule has 2 aromatic rings. The van der Waals surface area contributed by atoms with Gasteiger partial charge in [0.05, 0.1) is 0 Å². The van der Waals surface area contributed by atoms with Crippen LogP contribution in [0.2, 0.25) is 0 Å². The van der Waals surface area contributed by atoms with Crippen LogP contribution in [0.4, 0.5) is 35.1 Å². The first-order chi connectivity index (χ1) is 13.4. The summed E-state index contributed by atoms with van der Waals surface area (Å²) < 4.78 is 114. The molecule has 2 atom stereocenters. The second kappa shape index (κ2) is 6.55. The van der Waals surface area contributed by atoms with E-state index in [-0.39, 0.29) is 31.1 Å². The van der Waals surface area contributed by atoms with Gasteiger partial charge >= 0.3 is 171 Å². The van der Waals surface area contributed by atoms with Crippen molar-refractivity contribution >= 4 is 0 Å². The summed E-state index contributed by atoms with van der Waals surface area (Å²) in [4.78, 5) is 0. The zero-order chi connectivity index (χ0) is 21.5. The topological polar surface area (TPSA) is 0 Å². The van der Waals surface area contributed by atoms with Crippen LogP contribution in [0.15, 0.2) is 12.1 Å². The van der Waals surface area contributed by atoms with Crippen molar-refractivity contribution in [1.29, 1.82) is 0 Å². The third kappa shape index (κ3) is 2.90. The fourth-order valence-electron chi connectivity index (χ4n) is 3.99. The number of fused-ring (bicyclic) bond motifs is 2. The quantitative estimate of drug-likeness (QED) is 0.317. The molecule has 0 aromatic heterocycles. The summed E-state index contributed by atoms with van der Waals surface area (Å²) in [5, 5.41) is 0. The summed E-state index contributed by atoms with van der Waals surface area (Å²) in [7, 11) is 0. The van der Waals surface area contributed by atoms with Gasteiger partial charge in [-0.15, -0.1) is 0 Å². The molecular formula is C20H14F8I-. The third-order valence-electron chi connectivity index (χ3n) is 5.65. The van der Waals surface area contributed by atoms with E-state index in [1.54, 1.807) is 0 Å². The number of rotatable bonds is 2. The van der Waals surface area contributed by atoms with E-state index in [2.05, 4.69) is 0 Å². The number of benzene rings is 2. The SMILES string of the molecule is CC1Cc2cc([I-]c3cc4c(c(F)c3F)C(F)(F)C(C)C4)c(F)c(F)c2C1(F)F. The first-order valence-corrected chi connectivity index (χ1v) is 11.0. The Morgan fingerprint density at radius 3 is 1.38 bits per heavy atom. The van der Waals surface area contributed by atoms with Gasteiger partial charge in [-0.25, -0.2) is 0 Å². The molecule has 2 aliphatic carbocycles. The predicted molar refractivity (Wildman–Crippen MR) is 83.6 cm³/mol. The Morgan fingerprint density at radius 1 is 0.690 bits per heavy atom. The summed E-state index contributed by atoms with van der Waals surface area (Å²) in [6, 6.07) is 2.14. The molecule has 0 N–H and O–H groups in total. The molecule has 2 aromatic carbocycles. The Morgan fingerprint density at radius 2 is 1.03 bits per heavy atom. The fourth-order valence-corrected chi connectivity index (χ4v) is 6.62. The summed E-state index contributed by atoms with van der Waals surface area (Å²) in [6.45, 7) is 2.42. The minimum atomic E-state index is -3.52. The van der Waals surface area contributed by atoms with E-state index in [1.165, 1.54) is 13.8 Å². The molecule has 0 saturated carbocycles. The molecule has 0 bridgehead atoms. The Labute approximate surface area is 171 Å². The fraction of sp³-hybridized carbons (Fsp3) is 0.400. The van der Waals surface area contributed by atoms with Gasteiger partial charge in [0.25, 0.3) is 0 Å². The van der Waals surface area contributed by atoms with Crippen molar-refractivity contribution in [3.63, 3.8) is 0 Å². The summed E-state index contributed by atoms with van der Waals surface area (Å²) in [5.41, 5.74) is -2.13. The molecule has 2 aliphatic rings. The third-order valence-corrected chi connectivity index (χ3v) is 8.38. The standard InChI is InChI=1S/C20H14F8I/c1-7-3-9-5-11(15(21)17(23)13(9)19(7,25)26)29-12-6-10-4-8(2)20(27,28)14(10)18(24)16(12)22/h5-8H,3-4H2,1-2H3/q-1. The second-order valence-electron chi connectivity index (χ2n) is 7.59. The molecule has 0 nitrogen and oxygen atoms in total. The van der Waals surface area contributed by atoms with Crippen LogP contribution in [0.3, 0.4) is 0 Å². The molecular weight excluding hydrogens is 519 g/mol. The summed E-state index contributed by atoms with van der Waals surface area (Å²) >= 11 is -1.88. The van der Waals surface area contributed by atoms with Gasteiger partial charge in [-0.1, -0.05) is 0 Å². The average Bonchev–Trinajstić information content (AvgIpc) is 2.98. The molecule has 0 amide bonds. The van der Waals surface area contributed by atoms with E-state index in [1.807, 2.05) is 0 Å². The number of hydrogen-bond acceptors (Lipinski definition) is 0. The van der Waals surface area contributed by atoms with Gasteiger partial charge in [0.1, 0.15) is 0 Å². The van der Waals surface area contributed by atoms with Gasteiger partial charge < -0.3 is 0 Å². The van der Waals surface area contributed by atoms with Gasteiger partial charge in [0, 0.05) is 0 Å². The number of halogens is 9. The molecule has 0 heterocycles. The molecule has 0 radical (unpaired) electrons. The first-order valence-electron chi connectivity index (χ1n) is 8.80. The summed E-state index contributed by atoms with van der Waals surface area (Å²) in [5.74, 6) is -15.9. The molecule has 9 heteroatoms. The van der Waals surface area contributed by atoms with Gasteiger partial charge in [0.2, 0.25) is 0 Å². The van der Waals surface area contributed by atoms with Crippen LogP contribution in [-0.2, 0) is 24.7 Å². The van der Waals surface area contributed by atoms with Crippen molar-refractivity contribution in [2.24, 2.45) is 11.8 Å². The van der Waals surface area contributed by atoms with Crippen LogP contribution in [0, 0.1) is 42.2 Å². The Bertz CT molecular complexity index is 949. The molecule has 0 fully saturated rings. The van der Waals surface area contributed by atoms with Crippen molar-refractivity contribution in [2.75, 3.05) is 0 Å². The Hall–Kier alpha value is -1.39. The molecule has 4 rings (SSSR count). The first kappa shape index (κ1) is 20.9. The Kier molecular flexibility index (Phi) is 4.71. The van der Waals surface area contributed by atoms with E-state index >= 15 is 0 Å². The summed E-state index contributed by atoms with van der Waals surface area (Å²) in [6.07, 6.45) is -0.359. The van der Waals surface area contributed by atoms with E-state index in [9.17, 15) is 35.1 Å². The zero-order valence-corrected chi connectivity index (χ0v) is 17.3.